The van der Waals surface area contributed by atoms with Crippen molar-refractivity contribution in [1.29, 1.82) is 0 Å². The highest BCUT2D eigenvalue weighted by atomic mass is 16.1. The molecule has 0 spiro atoms. The molecule has 0 bridgehead atoms. The summed E-state index contributed by atoms with van der Waals surface area (Å²) >= 11 is 0. The molecular formula is C14H19NO. The van der Waals surface area contributed by atoms with Gasteiger partial charge in [0.1, 0.15) is 0 Å². The lowest BCUT2D eigenvalue weighted by molar-refractivity contribution is 0.0968. The molecule has 1 heterocycles. The number of Topliss-reactive ketones (excluding diaryl/α,β-unsaturated/α-hetero) is 1. The molecule has 0 aliphatic carbocycles. The van der Waals surface area contributed by atoms with Crippen molar-refractivity contribution in [3.05, 3.63) is 35.9 Å². The second kappa shape index (κ2) is 5.80. The molecule has 2 nitrogen and oxygen atoms in total. The van der Waals surface area contributed by atoms with Crippen molar-refractivity contribution in [2.24, 2.45) is 0 Å². The summed E-state index contributed by atoms with van der Waals surface area (Å²) in [6, 6.07) is 9.98. The Kier molecular flexibility index (Phi) is 4.11. The Morgan fingerprint density at radius 1 is 1.19 bits per heavy atom. The van der Waals surface area contributed by atoms with Crippen LogP contribution >= 0.6 is 0 Å². The summed E-state index contributed by atoms with van der Waals surface area (Å²) in [5, 5.41) is 3.46. The van der Waals surface area contributed by atoms with Gasteiger partial charge in [-0.05, 0) is 19.4 Å². The molecule has 0 radical (unpaired) electrons. The minimum Gasteiger partial charge on any atom is -0.314 e. The van der Waals surface area contributed by atoms with Gasteiger partial charge in [0.05, 0.1) is 0 Å². The molecule has 86 valence electrons. The topological polar surface area (TPSA) is 29.1 Å². The standard InChI is InChI=1S/C14H19NO/c16-14(12-7-3-1-4-8-12)11-13-9-5-2-6-10-15-13/h1,3-4,7-8,13,15H,2,5-6,9-11H2/t13-/m1/s1. The van der Waals surface area contributed by atoms with Crippen molar-refractivity contribution in [3.8, 4) is 0 Å². The number of carbonyl (C=O) groups is 1. The Balaban J connectivity index is 1.91. The third-order valence-corrected chi connectivity index (χ3v) is 3.19. The van der Waals surface area contributed by atoms with Crippen LogP contribution in [0, 0.1) is 0 Å². The average molecular weight is 217 g/mol. The molecule has 0 amide bonds. The molecule has 1 aliphatic rings. The number of rotatable bonds is 3. The van der Waals surface area contributed by atoms with Gasteiger partial charge in [-0.3, -0.25) is 4.79 Å². The van der Waals surface area contributed by atoms with Crippen molar-refractivity contribution in [3.63, 3.8) is 0 Å². The van der Waals surface area contributed by atoms with Crippen molar-refractivity contribution in [1.82, 2.24) is 5.32 Å². The first-order valence-corrected chi connectivity index (χ1v) is 6.18. The molecule has 0 aromatic heterocycles. The van der Waals surface area contributed by atoms with E-state index in [0.717, 1.165) is 18.5 Å². The van der Waals surface area contributed by atoms with Crippen LogP contribution in [0.5, 0.6) is 0 Å². The maximum atomic E-state index is 12.0. The summed E-state index contributed by atoms with van der Waals surface area (Å²) in [5.41, 5.74) is 0.841. The maximum absolute atomic E-state index is 12.0. The van der Waals surface area contributed by atoms with Crippen LogP contribution in [0.15, 0.2) is 30.3 Å². The van der Waals surface area contributed by atoms with Crippen LogP contribution < -0.4 is 5.32 Å². The second-order valence-electron chi connectivity index (χ2n) is 4.49. The summed E-state index contributed by atoms with van der Waals surface area (Å²) in [4.78, 5) is 12.0. The second-order valence-corrected chi connectivity index (χ2v) is 4.49. The third kappa shape index (κ3) is 3.17. The Morgan fingerprint density at radius 2 is 2.00 bits per heavy atom. The van der Waals surface area contributed by atoms with Gasteiger partial charge in [0, 0.05) is 18.0 Å². The van der Waals surface area contributed by atoms with Crippen LogP contribution in [-0.4, -0.2) is 18.4 Å². The number of hydrogen-bond acceptors (Lipinski definition) is 2. The van der Waals surface area contributed by atoms with Crippen molar-refractivity contribution in [2.75, 3.05) is 6.54 Å². The first kappa shape index (κ1) is 11.3. The molecule has 1 N–H and O–H groups in total. The summed E-state index contributed by atoms with van der Waals surface area (Å²) in [5.74, 6) is 0.264. The molecule has 0 unspecified atom stereocenters. The zero-order chi connectivity index (χ0) is 11.2. The van der Waals surface area contributed by atoms with Crippen LogP contribution in [0.3, 0.4) is 0 Å². The summed E-state index contributed by atoms with van der Waals surface area (Å²) in [6.07, 6.45) is 5.57. The van der Waals surface area contributed by atoms with Crippen LogP contribution in [0.25, 0.3) is 0 Å². The molecule has 2 rings (SSSR count). The largest absolute Gasteiger partial charge is 0.314 e. The number of ketones is 1. The normalized spacial score (nSPS) is 21.4. The highest BCUT2D eigenvalue weighted by Crippen LogP contribution is 2.13. The highest BCUT2D eigenvalue weighted by Gasteiger charge is 2.16. The predicted molar refractivity (Wildman–Crippen MR) is 65.6 cm³/mol. The van der Waals surface area contributed by atoms with Crippen LogP contribution in [0.1, 0.15) is 42.5 Å². The Hall–Kier alpha value is -1.15. The fourth-order valence-corrected chi connectivity index (χ4v) is 2.24. The fraction of sp³-hybridized carbons (Fsp3) is 0.500. The van der Waals surface area contributed by atoms with Crippen molar-refractivity contribution >= 4 is 5.78 Å². The van der Waals surface area contributed by atoms with Gasteiger partial charge in [0.25, 0.3) is 0 Å². The van der Waals surface area contributed by atoms with Gasteiger partial charge >= 0.3 is 0 Å². The van der Waals surface area contributed by atoms with E-state index in [-0.39, 0.29) is 5.78 Å². The van der Waals surface area contributed by atoms with Gasteiger partial charge in [0.15, 0.2) is 5.78 Å². The van der Waals surface area contributed by atoms with E-state index in [1.165, 1.54) is 19.3 Å². The van der Waals surface area contributed by atoms with Gasteiger partial charge in [-0.15, -0.1) is 0 Å². The van der Waals surface area contributed by atoms with E-state index in [4.69, 9.17) is 0 Å². The first-order valence-electron chi connectivity index (χ1n) is 6.18. The van der Waals surface area contributed by atoms with Crippen LogP contribution in [0.2, 0.25) is 0 Å². The fourth-order valence-electron chi connectivity index (χ4n) is 2.24. The number of benzene rings is 1. The van der Waals surface area contributed by atoms with Gasteiger partial charge < -0.3 is 5.32 Å². The van der Waals surface area contributed by atoms with Gasteiger partial charge in [-0.25, -0.2) is 0 Å². The zero-order valence-electron chi connectivity index (χ0n) is 9.61. The Bertz CT molecular complexity index is 326. The third-order valence-electron chi connectivity index (χ3n) is 3.19. The predicted octanol–water partition coefficient (Wildman–Crippen LogP) is 2.79. The molecule has 1 saturated heterocycles. The molecule has 1 atom stereocenters. The highest BCUT2D eigenvalue weighted by molar-refractivity contribution is 5.96. The lowest BCUT2D eigenvalue weighted by Crippen LogP contribution is -2.30. The van der Waals surface area contributed by atoms with E-state index in [2.05, 4.69) is 5.32 Å². The smallest absolute Gasteiger partial charge is 0.164 e. The summed E-state index contributed by atoms with van der Waals surface area (Å²) in [7, 11) is 0. The molecular weight excluding hydrogens is 198 g/mol. The van der Waals surface area contributed by atoms with Crippen molar-refractivity contribution < 1.29 is 4.79 Å². The molecule has 1 fully saturated rings. The quantitative estimate of drug-likeness (QED) is 0.789. The summed E-state index contributed by atoms with van der Waals surface area (Å²) in [6.45, 7) is 1.06. The van der Waals surface area contributed by atoms with Crippen LogP contribution in [0.4, 0.5) is 0 Å². The number of hydrogen-bond donors (Lipinski definition) is 1. The Labute approximate surface area is 97.1 Å². The van der Waals surface area contributed by atoms with Crippen LogP contribution in [-0.2, 0) is 0 Å². The van der Waals surface area contributed by atoms with E-state index in [0.29, 0.717) is 12.5 Å². The lowest BCUT2D eigenvalue weighted by Gasteiger charge is -2.14. The molecule has 1 aromatic rings. The van der Waals surface area contributed by atoms with E-state index >= 15 is 0 Å². The van der Waals surface area contributed by atoms with Gasteiger partial charge in [-0.2, -0.15) is 0 Å². The average Bonchev–Trinajstić information content (AvgIpc) is 2.59. The molecule has 0 saturated carbocycles. The van der Waals surface area contributed by atoms with Gasteiger partial charge in [-0.1, -0.05) is 43.2 Å². The lowest BCUT2D eigenvalue weighted by atomic mass is 10.0. The van der Waals surface area contributed by atoms with E-state index in [1.54, 1.807) is 0 Å². The minimum absolute atomic E-state index is 0.264. The number of carbonyl (C=O) groups excluding carboxylic acids is 1. The molecule has 1 aliphatic heterocycles. The first-order chi connectivity index (χ1) is 7.86. The van der Waals surface area contributed by atoms with Crippen molar-refractivity contribution in [2.45, 2.75) is 38.1 Å². The zero-order valence-corrected chi connectivity index (χ0v) is 9.61. The monoisotopic (exact) mass is 217 g/mol. The minimum atomic E-state index is 0.264. The number of nitrogens with one attached hydrogen (secondary N) is 1. The molecule has 1 aromatic carbocycles. The summed E-state index contributed by atoms with van der Waals surface area (Å²) < 4.78 is 0. The van der Waals surface area contributed by atoms with E-state index in [9.17, 15) is 4.79 Å². The maximum Gasteiger partial charge on any atom is 0.164 e. The van der Waals surface area contributed by atoms with Gasteiger partial charge in [0.2, 0.25) is 0 Å². The Morgan fingerprint density at radius 3 is 2.81 bits per heavy atom. The molecule has 16 heavy (non-hydrogen) atoms. The van der Waals surface area contributed by atoms with E-state index in [1.807, 2.05) is 30.3 Å². The van der Waals surface area contributed by atoms with E-state index < -0.39 is 0 Å². The SMILES string of the molecule is O=C(C[C@H]1CCCCCN1)c1ccccc1. The molecule has 2 heteroatoms.